The molecule has 6 heteroatoms. The van der Waals surface area contributed by atoms with Gasteiger partial charge in [-0.15, -0.1) is 0 Å². The Bertz CT molecular complexity index is 1010. The monoisotopic (exact) mass is 406 g/mol. The number of ether oxygens (including phenoxy) is 1. The van der Waals surface area contributed by atoms with Crippen molar-refractivity contribution in [1.82, 2.24) is 5.32 Å². The SMILES string of the molecule is CC[C@@H](Oc1cccc(C)c1C)C(=O)Nc1ccccc1C(=O)NCc1ccco1. The Balaban J connectivity index is 1.70. The molecule has 0 unspecified atom stereocenters. The number of nitrogens with one attached hydrogen (secondary N) is 2. The van der Waals surface area contributed by atoms with Crippen LogP contribution in [0.5, 0.6) is 5.75 Å². The first kappa shape index (κ1) is 21.2. The predicted octanol–water partition coefficient (Wildman–Crippen LogP) is 4.62. The quantitative estimate of drug-likeness (QED) is 0.572. The number of para-hydroxylation sites is 1. The molecule has 2 N–H and O–H groups in total. The summed E-state index contributed by atoms with van der Waals surface area (Å²) in [7, 11) is 0. The van der Waals surface area contributed by atoms with Crippen LogP contribution in [-0.4, -0.2) is 17.9 Å². The van der Waals surface area contributed by atoms with Crippen LogP contribution in [0.1, 0.15) is 40.6 Å². The molecule has 3 aromatic rings. The van der Waals surface area contributed by atoms with Crippen LogP contribution in [0, 0.1) is 13.8 Å². The molecule has 0 saturated heterocycles. The molecule has 1 atom stereocenters. The molecule has 156 valence electrons. The first-order valence-corrected chi connectivity index (χ1v) is 9.93. The molecule has 0 radical (unpaired) electrons. The standard InChI is InChI=1S/C24H26N2O4/c1-4-21(30-22-13-7-9-16(2)17(22)3)24(28)26-20-12-6-5-11-19(20)23(27)25-15-18-10-8-14-29-18/h5-14,21H,4,15H2,1-3H3,(H,25,27)(H,26,28)/t21-/m1/s1. The lowest BCUT2D eigenvalue weighted by atomic mass is 10.1. The summed E-state index contributed by atoms with van der Waals surface area (Å²) in [4.78, 5) is 25.5. The van der Waals surface area contributed by atoms with Gasteiger partial charge in [0.1, 0.15) is 11.5 Å². The fourth-order valence-electron chi connectivity index (χ4n) is 3.01. The summed E-state index contributed by atoms with van der Waals surface area (Å²) in [6.07, 6.45) is 1.37. The van der Waals surface area contributed by atoms with Crippen molar-refractivity contribution in [2.45, 2.75) is 39.8 Å². The molecule has 0 aliphatic heterocycles. The number of hydrogen-bond donors (Lipinski definition) is 2. The van der Waals surface area contributed by atoms with E-state index < -0.39 is 6.10 Å². The smallest absolute Gasteiger partial charge is 0.265 e. The van der Waals surface area contributed by atoms with Crippen molar-refractivity contribution in [3.8, 4) is 5.75 Å². The van der Waals surface area contributed by atoms with E-state index in [0.29, 0.717) is 29.2 Å². The van der Waals surface area contributed by atoms with Crippen LogP contribution < -0.4 is 15.4 Å². The zero-order valence-corrected chi connectivity index (χ0v) is 17.4. The lowest BCUT2D eigenvalue weighted by Crippen LogP contribution is -2.33. The van der Waals surface area contributed by atoms with Crippen LogP contribution in [0.3, 0.4) is 0 Å². The van der Waals surface area contributed by atoms with E-state index >= 15 is 0 Å². The second kappa shape index (κ2) is 9.78. The first-order valence-electron chi connectivity index (χ1n) is 9.93. The number of carbonyl (C=O) groups is 2. The van der Waals surface area contributed by atoms with Crippen molar-refractivity contribution in [2.75, 3.05) is 5.32 Å². The topological polar surface area (TPSA) is 80.6 Å². The molecule has 1 heterocycles. The van der Waals surface area contributed by atoms with E-state index in [9.17, 15) is 9.59 Å². The molecule has 0 spiro atoms. The third-order valence-electron chi connectivity index (χ3n) is 4.92. The lowest BCUT2D eigenvalue weighted by molar-refractivity contribution is -0.122. The molecule has 6 nitrogen and oxygen atoms in total. The minimum atomic E-state index is -0.676. The highest BCUT2D eigenvalue weighted by Gasteiger charge is 2.22. The van der Waals surface area contributed by atoms with E-state index in [2.05, 4.69) is 10.6 Å². The minimum Gasteiger partial charge on any atom is -0.480 e. The van der Waals surface area contributed by atoms with Gasteiger partial charge in [0, 0.05) is 0 Å². The van der Waals surface area contributed by atoms with Gasteiger partial charge in [-0.1, -0.05) is 31.2 Å². The zero-order valence-electron chi connectivity index (χ0n) is 17.4. The Kier molecular flexibility index (Phi) is 6.91. The zero-order chi connectivity index (χ0) is 21.5. The van der Waals surface area contributed by atoms with E-state index in [1.165, 1.54) is 0 Å². The minimum absolute atomic E-state index is 0.265. The number of hydrogen-bond acceptors (Lipinski definition) is 4. The molecule has 3 rings (SSSR count). The van der Waals surface area contributed by atoms with E-state index in [1.807, 2.05) is 39.0 Å². The van der Waals surface area contributed by atoms with Gasteiger partial charge < -0.3 is 19.8 Å². The highest BCUT2D eigenvalue weighted by molar-refractivity contribution is 6.04. The molecule has 1 aromatic heterocycles. The van der Waals surface area contributed by atoms with Gasteiger partial charge >= 0.3 is 0 Å². The van der Waals surface area contributed by atoms with Gasteiger partial charge in [-0.25, -0.2) is 0 Å². The van der Waals surface area contributed by atoms with Crippen molar-refractivity contribution >= 4 is 17.5 Å². The van der Waals surface area contributed by atoms with Crippen molar-refractivity contribution in [3.63, 3.8) is 0 Å². The Morgan fingerprint density at radius 1 is 1.03 bits per heavy atom. The van der Waals surface area contributed by atoms with E-state index in [-0.39, 0.29) is 18.4 Å². The van der Waals surface area contributed by atoms with Crippen LogP contribution in [-0.2, 0) is 11.3 Å². The third kappa shape index (κ3) is 5.08. The van der Waals surface area contributed by atoms with Gasteiger partial charge in [-0.3, -0.25) is 9.59 Å². The number of rotatable bonds is 8. The van der Waals surface area contributed by atoms with Crippen molar-refractivity contribution in [2.24, 2.45) is 0 Å². The highest BCUT2D eigenvalue weighted by Crippen LogP contribution is 2.23. The summed E-state index contributed by atoms with van der Waals surface area (Å²) in [6, 6.07) is 16.2. The van der Waals surface area contributed by atoms with Gasteiger partial charge in [-0.05, 0) is 61.7 Å². The maximum Gasteiger partial charge on any atom is 0.265 e. The number of anilines is 1. The summed E-state index contributed by atoms with van der Waals surface area (Å²) < 4.78 is 11.2. The van der Waals surface area contributed by atoms with E-state index in [4.69, 9.17) is 9.15 Å². The molecule has 0 fully saturated rings. The van der Waals surface area contributed by atoms with E-state index in [1.54, 1.807) is 42.7 Å². The molecule has 0 saturated carbocycles. The summed E-state index contributed by atoms with van der Waals surface area (Å²) in [6.45, 7) is 6.12. The average Bonchev–Trinajstić information content (AvgIpc) is 3.27. The van der Waals surface area contributed by atoms with Gasteiger partial charge in [0.25, 0.3) is 11.8 Å². The fourth-order valence-corrected chi connectivity index (χ4v) is 3.01. The Hall–Kier alpha value is -3.54. The summed E-state index contributed by atoms with van der Waals surface area (Å²) >= 11 is 0. The molecular weight excluding hydrogens is 380 g/mol. The largest absolute Gasteiger partial charge is 0.480 e. The van der Waals surface area contributed by atoms with Gasteiger partial charge in [0.05, 0.1) is 24.1 Å². The van der Waals surface area contributed by atoms with Gasteiger partial charge in [0.15, 0.2) is 6.10 Å². The molecule has 0 aliphatic carbocycles. The fraction of sp³-hybridized carbons (Fsp3) is 0.250. The van der Waals surface area contributed by atoms with Crippen LogP contribution >= 0.6 is 0 Å². The van der Waals surface area contributed by atoms with Crippen LogP contribution in [0.2, 0.25) is 0 Å². The van der Waals surface area contributed by atoms with Crippen molar-refractivity contribution in [3.05, 3.63) is 83.3 Å². The Morgan fingerprint density at radius 2 is 1.83 bits per heavy atom. The number of furan rings is 1. The average molecular weight is 406 g/mol. The van der Waals surface area contributed by atoms with Crippen LogP contribution in [0.25, 0.3) is 0 Å². The maximum absolute atomic E-state index is 12.9. The van der Waals surface area contributed by atoms with Gasteiger partial charge in [0.2, 0.25) is 0 Å². The van der Waals surface area contributed by atoms with Crippen LogP contribution in [0.15, 0.2) is 65.3 Å². The molecule has 0 bridgehead atoms. The second-order valence-electron chi connectivity index (χ2n) is 7.01. The first-order chi connectivity index (χ1) is 14.5. The summed E-state index contributed by atoms with van der Waals surface area (Å²) in [5.41, 5.74) is 2.91. The Morgan fingerprint density at radius 3 is 2.57 bits per heavy atom. The molecule has 2 aromatic carbocycles. The number of benzene rings is 2. The maximum atomic E-state index is 12.9. The van der Waals surface area contributed by atoms with Gasteiger partial charge in [-0.2, -0.15) is 0 Å². The molecular formula is C24H26N2O4. The number of aryl methyl sites for hydroxylation is 1. The highest BCUT2D eigenvalue weighted by atomic mass is 16.5. The lowest BCUT2D eigenvalue weighted by Gasteiger charge is -2.20. The van der Waals surface area contributed by atoms with Crippen LogP contribution in [0.4, 0.5) is 5.69 Å². The van der Waals surface area contributed by atoms with E-state index in [0.717, 1.165) is 11.1 Å². The predicted molar refractivity (Wildman–Crippen MR) is 116 cm³/mol. The number of carbonyl (C=O) groups excluding carboxylic acids is 2. The number of amides is 2. The molecule has 0 aliphatic rings. The summed E-state index contributed by atoms with van der Waals surface area (Å²) in [5, 5.41) is 5.64. The second-order valence-corrected chi connectivity index (χ2v) is 7.01. The summed E-state index contributed by atoms with van der Waals surface area (Å²) in [5.74, 6) is 0.731. The molecule has 30 heavy (non-hydrogen) atoms. The third-order valence-corrected chi connectivity index (χ3v) is 4.92. The molecule has 2 amide bonds. The van der Waals surface area contributed by atoms with Crippen molar-refractivity contribution in [1.29, 1.82) is 0 Å². The Labute approximate surface area is 176 Å². The van der Waals surface area contributed by atoms with Crippen molar-refractivity contribution < 1.29 is 18.7 Å². The normalized spacial score (nSPS) is 11.6.